The van der Waals surface area contributed by atoms with Crippen molar-refractivity contribution in [2.45, 2.75) is 25.5 Å². The summed E-state index contributed by atoms with van der Waals surface area (Å²) in [6, 6.07) is -0.228. The van der Waals surface area contributed by atoms with Crippen LogP contribution >= 0.6 is 11.8 Å². The summed E-state index contributed by atoms with van der Waals surface area (Å²) in [4.78, 5) is 29.1. The number of β-lactam (4-membered cyclic amide) rings is 1. The number of carboxylic acids is 1. The summed E-state index contributed by atoms with van der Waals surface area (Å²) in [5.74, 6) is -1.30. The van der Waals surface area contributed by atoms with E-state index in [1.807, 2.05) is 0 Å². The van der Waals surface area contributed by atoms with Gasteiger partial charge in [0.15, 0.2) is 0 Å². The van der Waals surface area contributed by atoms with Gasteiger partial charge in [0.25, 0.3) is 0 Å². The van der Waals surface area contributed by atoms with Crippen molar-refractivity contribution in [3.63, 3.8) is 0 Å². The van der Waals surface area contributed by atoms with Crippen LogP contribution in [-0.2, 0) is 9.59 Å². The van der Waals surface area contributed by atoms with Gasteiger partial charge in [-0.25, -0.2) is 4.79 Å². The van der Waals surface area contributed by atoms with Crippen LogP contribution in [0.4, 0.5) is 0 Å². The van der Waals surface area contributed by atoms with Gasteiger partial charge in [-0.1, -0.05) is 0 Å². The largest absolute Gasteiger partial charge is 0.477 e. The third kappa shape index (κ3) is 2.40. The average molecular weight is 299 g/mol. The molecule has 7 nitrogen and oxygen atoms in total. The molecule has 2 aliphatic heterocycles. The molecule has 3 atom stereocenters. The molecule has 4 N–H and O–H groups in total. The third-order valence-corrected chi connectivity index (χ3v) is 4.59. The van der Waals surface area contributed by atoms with E-state index in [1.54, 1.807) is 6.92 Å². The van der Waals surface area contributed by atoms with Gasteiger partial charge in [-0.3, -0.25) is 9.79 Å². The second-order valence-corrected chi connectivity index (χ2v) is 5.92. The van der Waals surface area contributed by atoms with E-state index in [0.29, 0.717) is 23.6 Å². The zero-order chi connectivity index (χ0) is 14.9. The highest BCUT2D eigenvalue weighted by Gasteiger charge is 2.56. The molecule has 8 heteroatoms. The van der Waals surface area contributed by atoms with Crippen LogP contribution in [0.25, 0.3) is 0 Å². The van der Waals surface area contributed by atoms with E-state index in [-0.39, 0.29) is 17.6 Å². The number of hydrogen-bond acceptors (Lipinski definition) is 5. The Labute approximate surface area is 120 Å². The zero-order valence-electron chi connectivity index (χ0n) is 11.0. The topological polar surface area (TPSA) is 116 Å². The number of thioether (sulfide) groups is 1. The van der Waals surface area contributed by atoms with Gasteiger partial charge in [-0.15, -0.1) is 11.8 Å². The summed E-state index contributed by atoms with van der Waals surface area (Å²) in [6.07, 6.45) is 0.937. The van der Waals surface area contributed by atoms with Crippen molar-refractivity contribution in [2.24, 2.45) is 16.6 Å². The summed E-state index contributed by atoms with van der Waals surface area (Å²) in [5.41, 5.74) is 5.19. The lowest BCUT2D eigenvalue weighted by atomic mass is 9.83. The molecule has 2 heterocycles. The van der Waals surface area contributed by atoms with E-state index in [0.717, 1.165) is 0 Å². The van der Waals surface area contributed by atoms with Gasteiger partial charge in [0.2, 0.25) is 5.91 Å². The molecule has 1 fully saturated rings. The Balaban J connectivity index is 2.11. The highest BCUT2D eigenvalue weighted by molar-refractivity contribution is 8.03. The molecule has 1 amide bonds. The first kappa shape index (κ1) is 14.9. The van der Waals surface area contributed by atoms with Gasteiger partial charge >= 0.3 is 5.97 Å². The van der Waals surface area contributed by atoms with Crippen molar-refractivity contribution in [1.29, 1.82) is 0 Å². The summed E-state index contributed by atoms with van der Waals surface area (Å²) in [6.45, 7) is 2.05. The number of aliphatic hydroxyl groups excluding tert-OH is 1. The maximum absolute atomic E-state index is 11.9. The van der Waals surface area contributed by atoms with Crippen molar-refractivity contribution in [1.82, 2.24) is 4.90 Å². The van der Waals surface area contributed by atoms with Crippen LogP contribution in [0.3, 0.4) is 0 Å². The van der Waals surface area contributed by atoms with E-state index in [2.05, 4.69) is 4.99 Å². The zero-order valence-corrected chi connectivity index (χ0v) is 11.8. The van der Waals surface area contributed by atoms with E-state index in [4.69, 9.17) is 5.73 Å². The highest BCUT2D eigenvalue weighted by atomic mass is 32.2. The maximum atomic E-state index is 11.9. The minimum Gasteiger partial charge on any atom is -0.477 e. The average Bonchev–Trinajstić information content (AvgIpc) is 2.69. The predicted octanol–water partition coefficient (Wildman–Crippen LogP) is -0.386. The molecular formula is C12H17N3O4S. The van der Waals surface area contributed by atoms with Crippen LogP contribution in [-0.4, -0.2) is 57.8 Å². The number of carboxylic acid groups (broad SMARTS) is 1. The van der Waals surface area contributed by atoms with Crippen LogP contribution < -0.4 is 5.73 Å². The Bertz CT molecular complexity index is 489. The molecular weight excluding hydrogens is 282 g/mol. The number of carbonyl (C=O) groups is 2. The maximum Gasteiger partial charge on any atom is 0.353 e. The smallest absolute Gasteiger partial charge is 0.353 e. The minimum absolute atomic E-state index is 0.0543. The van der Waals surface area contributed by atoms with Gasteiger partial charge in [0.1, 0.15) is 5.70 Å². The Kier molecular flexibility index (Phi) is 4.34. The third-order valence-electron chi connectivity index (χ3n) is 3.49. The second-order valence-electron chi connectivity index (χ2n) is 4.73. The summed E-state index contributed by atoms with van der Waals surface area (Å²) >= 11 is 1.38. The number of nitrogens with two attached hydrogens (primary N) is 1. The van der Waals surface area contributed by atoms with Crippen LogP contribution in [0, 0.1) is 5.92 Å². The van der Waals surface area contributed by atoms with Gasteiger partial charge in [0, 0.05) is 17.1 Å². The summed E-state index contributed by atoms with van der Waals surface area (Å²) < 4.78 is 0. The number of fused-ring (bicyclic) bond motifs is 1. The van der Waals surface area contributed by atoms with Crippen LogP contribution in [0.15, 0.2) is 15.6 Å². The number of hydrogen-bond donors (Lipinski definition) is 3. The predicted molar refractivity (Wildman–Crippen MR) is 75.1 cm³/mol. The van der Waals surface area contributed by atoms with E-state index in [9.17, 15) is 19.8 Å². The number of aliphatic hydroxyl groups is 1. The molecule has 20 heavy (non-hydrogen) atoms. The molecule has 0 aromatic carbocycles. The molecule has 2 aliphatic rings. The lowest BCUT2D eigenvalue weighted by Gasteiger charge is -2.44. The van der Waals surface area contributed by atoms with Gasteiger partial charge in [-0.2, -0.15) is 0 Å². The Morgan fingerprint density at radius 3 is 2.95 bits per heavy atom. The van der Waals surface area contributed by atoms with Crippen molar-refractivity contribution in [3.05, 3.63) is 10.6 Å². The normalized spacial score (nSPS) is 26.9. The number of amides is 1. The number of nitrogens with zero attached hydrogens (tertiary/aromatic N) is 2. The van der Waals surface area contributed by atoms with Crippen LogP contribution in [0.1, 0.15) is 13.3 Å². The standard InChI is InChI=1S/C12H17N3O4S/c1-6(16)9-7-4-8(20-3-2-14-5-13)10(12(18)19)15(7)11(9)17/h5-7,9,16H,2-4H2,1H3,(H2,13,14)(H,18,19)/t6?,7-,9?/m1/s1. The molecule has 2 rings (SSSR count). The first-order chi connectivity index (χ1) is 9.49. The molecule has 0 spiro atoms. The Hall–Kier alpha value is -1.54. The molecule has 2 unspecified atom stereocenters. The molecule has 1 saturated heterocycles. The molecule has 0 radical (unpaired) electrons. The number of aliphatic imine (C=N–C) groups is 1. The molecule has 0 aromatic heterocycles. The van der Waals surface area contributed by atoms with E-state index >= 15 is 0 Å². The number of carbonyl (C=O) groups excluding carboxylic acids is 1. The fourth-order valence-corrected chi connectivity index (χ4v) is 3.71. The van der Waals surface area contributed by atoms with Crippen LogP contribution in [0.2, 0.25) is 0 Å². The number of rotatable bonds is 6. The fraction of sp³-hybridized carbons (Fsp3) is 0.583. The lowest BCUT2D eigenvalue weighted by molar-refractivity contribution is -0.161. The molecule has 0 saturated carbocycles. The molecule has 0 bridgehead atoms. The Morgan fingerprint density at radius 2 is 2.40 bits per heavy atom. The molecule has 0 aliphatic carbocycles. The monoisotopic (exact) mass is 299 g/mol. The van der Waals surface area contributed by atoms with Gasteiger partial charge in [0.05, 0.1) is 30.9 Å². The first-order valence-corrected chi connectivity index (χ1v) is 7.28. The Morgan fingerprint density at radius 1 is 1.70 bits per heavy atom. The minimum atomic E-state index is -1.10. The van der Waals surface area contributed by atoms with Crippen LogP contribution in [0.5, 0.6) is 0 Å². The molecule has 0 aromatic rings. The van der Waals surface area contributed by atoms with Crippen molar-refractivity contribution in [3.8, 4) is 0 Å². The van der Waals surface area contributed by atoms with E-state index in [1.165, 1.54) is 23.0 Å². The summed E-state index contributed by atoms with van der Waals surface area (Å²) in [7, 11) is 0. The van der Waals surface area contributed by atoms with Crippen molar-refractivity contribution in [2.75, 3.05) is 12.3 Å². The van der Waals surface area contributed by atoms with Gasteiger partial charge in [-0.05, 0) is 6.92 Å². The summed E-state index contributed by atoms with van der Waals surface area (Å²) in [5, 5.41) is 18.9. The number of aliphatic carboxylic acids is 1. The highest BCUT2D eigenvalue weighted by Crippen LogP contribution is 2.46. The quantitative estimate of drug-likeness (QED) is 0.266. The lowest BCUT2D eigenvalue weighted by Crippen LogP contribution is -2.61. The van der Waals surface area contributed by atoms with Crippen molar-refractivity contribution < 1.29 is 19.8 Å². The second kappa shape index (κ2) is 5.84. The van der Waals surface area contributed by atoms with Gasteiger partial charge < -0.3 is 20.8 Å². The fourth-order valence-electron chi connectivity index (χ4n) is 2.66. The SMILES string of the molecule is CC(O)C1C(=O)N2C(C(=O)O)=C(SCCN=CN)C[C@H]12. The van der Waals surface area contributed by atoms with E-state index < -0.39 is 18.0 Å². The molecule has 110 valence electrons. The first-order valence-electron chi connectivity index (χ1n) is 6.29. The van der Waals surface area contributed by atoms with Crippen molar-refractivity contribution >= 4 is 30.0 Å².